The fraction of sp³-hybridized carbons (Fsp3) is 0.412. The van der Waals surface area contributed by atoms with Crippen molar-refractivity contribution in [3.63, 3.8) is 0 Å². The van der Waals surface area contributed by atoms with Crippen molar-refractivity contribution in [2.24, 2.45) is 0 Å². The summed E-state index contributed by atoms with van der Waals surface area (Å²) in [4.78, 5) is 19.0. The monoisotopic (exact) mass is 403 g/mol. The number of piperazine rings is 1. The Bertz CT molecular complexity index is 696. The first-order valence-corrected chi connectivity index (χ1v) is 8.67. The molecule has 2 aromatic rings. The van der Waals surface area contributed by atoms with Crippen molar-refractivity contribution in [1.29, 1.82) is 0 Å². The van der Waals surface area contributed by atoms with E-state index in [1.165, 1.54) is 0 Å². The summed E-state index contributed by atoms with van der Waals surface area (Å²) in [5.74, 6) is 0.762. The van der Waals surface area contributed by atoms with E-state index in [1.807, 2.05) is 41.5 Å². The third kappa shape index (κ3) is 5.57. The van der Waals surface area contributed by atoms with E-state index in [2.05, 4.69) is 17.2 Å². The van der Waals surface area contributed by atoms with E-state index in [9.17, 15) is 4.79 Å². The first-order chi connectivity index (χ1) is 11.1. The second kappa shape index (κ2) is 9.97. The lowest BCUT2D eigenvalue weighted by Gasteiger charge is -2.34. The summed E-state index contributed by atoms with van der Waals surface area (Å²) in [6, 6.07) is 7.60. The number of nitrogens with one attached hydrogen (secondary N) is 1. The Hall–Kier alpha value is -1.34. The highest BCUT2D eigenvalue weighted by Crippen LogP contribution is 2.18. The maximum absolute atomic E-state index is 12.7. The predicted octanol–water partition coefficient (Wildman–Crippen LogP) is 3.31. The molecule has 0 saturated carbocycles. The Morgan fingerprint density at radius 2 is 2.24 bits per heavy atom. The van der Waals surface area contributed by atoms with Gasteiger partial charge >= 0.3 is 0 Å². The summed E-state index contributed by atoms with van der Waals surface area (Å²) in [5, 5.41) is 6.32. The molecule has 25 heavy (non-hydrogen) atoms. The molecule has 0 unspecified atom stereocenters. The van der Waals surface area contributed by atoms with Crippen LogP contribution in [0.3, 0.4) is 0 Å². The number of carbonyl (C=O) groups is 1. The smallest absolute Gasteiger partial charge is 0.254 e. The molecule has 1 N–H and O–H groups in total. The molecule has 1 aliphatic rings. The van der Waals surface area contributed by atoms with E-state index < -0.39 is 0 Å². The van der Waals surface area contributed by atoms with Crippen molar-refractivity contribution in [1.82, 2.24) is 15.2 Å². The number of rotatable bonds is 4. The molecule has 1 saturated heterocycles. The molecule has 1 aliphatic heterocycles. The van der Waals surface area contributed by atoms with Crippen molar-refractivity contribution in [3.8, 4) is 5.75 Å². The molecule has 1 atom stereocenters. The number of halogens is 2. The Kier molecular flexibility index (Phi) is 8.65. The average molecular weight is 404 g/mol. The maximum atomic E-state index is 12.7. The number of aromatic nitrogens is 1. The Labute approximate surface area is 164 Å². The van der Waals surface area contributed by atoms with Crippen LogP contribution in [0.25, 0.3) is 0 Å². The summed E-state index contributed by atoms with van der Waals surface area (Å²) in [5.41, 5.74) is 1.59. The number of hydrogen-bond donors (Lipinski definition) is 1. The highest BCUT2D eigenvalue weighted by molar-refractivity contribution is 7.09. The number of ether oxygens (including phenoxy) is 1. The molecule has 2 heterocycles. The van der Waals surface area contributed by atoms with Gasteiger partial charge in [-0.2, -0.15) is 0 Å². The van der Waals surface area contributed by atoms with Gasteiger partial charge in [-0.05, 0) is 32.0 Å². The van der Waals surface area contributed by atoms with Crippen molar-refractivity contribution in [2.75, 3.05) is 19.6 Å². The van der Waals surface area contributed by atoms with Gasteiger partial charge in [-0.3, -0.25) is 4.79 Å². The number of benzene rings is 1. The standard InChI is InChI=1S/C17H21N3O2S.2ClH/c1-12-9-18-6-7-20(12)17(21)14-4-3-5-16(8-14)22-10-15-11-23-13(2)19-15;;/h3-5,8,11-12,18H,6-7,9-10H2,1-2H3;2*1H/t12-;;/m0../s1. The number of carbonyl (C=O) groups excluding carboxylic acids is 1. The van der Waals surface area contributed by atoms with Gasteiger partial charge in [0.1, 0.15) is 12.4 Å². The van der Waals surface area contributed by atoms with E-state index in [0.717, 1.165) is 30.3 Å². The Balaban J connectivity index is 0.00000156. The summed E-state index contributed by atoms with van der Waals surface area (Å²) in [6.07, 6.45) is 0. The highest BCUT2D eigenvalue weighted by atomic mass is 35.5. The molecule has 5 nitrogen and oxygen atoms in total. The molecular weight excluding hydrogens is 381 g/mol. The molecule has 1 amide bonds. The number of nitrogens with zero attached hydrogens (tertiary/aromatic N) is 2. The number of aryl methyl sites for hydroxylation is 1. The molecular formula is C17H23Cl2N3O2S. The predicted molar refractivity (Wildman–Crippen MR) is 105 cm³/mol. The quantitative estimate of drug-likeness (QED) is 0.850. The molecule has 1 aromatic heterocycles. The van der Waals surface area contributed by atoms with Crippen LogP contribution in [0.15, 0.2) is 29.6 Å². The van der Waals surface area contributed by atoms with E-state index in [0.29, 0.717) is 17.9 Å². The van der Waals surface area contributed by atoms with Crippen LogP contribution in [0.5, 0.6) is 5.75 Å². The highest BCUT2D eigenvalue weighted by Gasteiger charge is 2.24. The van der Waals surface area contributed by atoms with E-state index in [4.69, 9.17) is 4.74 Å². The zero-order valence-electron chi connectivity index (χ0n) is 14.2. The molecule has 8 heteroatoms. The number of hydrogen-bond acceptors (Lipinski definition) is 5. The molecule has 0 spiro atoms. The minimum Gasteiger partial charge on any atom is -0.487 e. The summed E-state index contributed by atoms with van der Waals surface area (Å²) in [6.45, 7) is 6.88. The lowest BCUT2D eigenvalue weighted by atomic mass is 10.1. The maximum Gasteiger partial charge on any atom is 0.254 e. The molecule has 1 fully saturated rings. The molecule has 0 aliphatic carbocycles. The normalized spacial score (nSPS) is 16.6. The van der Waals surface area contributed by atoms with Gasteiger partial charge in [0.15, 0.2) is 0 Å². The van der Waals surface area contributed by atoms with Gasteiger partial charge < -0.3 is 15.0 Å². The minimum atomic E-state index is 0. The van der Waals surface area contributed by atoms with Gasteiger partial charge in [-0.15, -0.1) is 36.2 Å². The van der Waals surface area contributed by atoms with Crippen molar-refractivity contribution in [2.45, 2.75) is 26.5 Å². The van der Waals surface area contributed by atoms with Crippen LogP contribution in [-0.2, 0) is 6.61 Å². The fourth-order valence-corrected chi connectivity index (χ4v) is 3.26. The van der Waals surface area contributed by atoms with E-state index in [1.54, 1.807) is 11.3 Å². The van der Waals surface area contributed by atoms with Gasteiger partial charge in [0, 0.05) is 36.6 Å². The molecule has 1 aromatic carbocycles. The largest absolute Gasteiger partial charge is 0.487 e. The van der Waals surface area contributed by atoms with E-state index >= 15 is 0 Å². The van der Waals surface area contributed by atoms with Crippen LogP contribution in [0.1, 0.15) is 28.0 Å². The van der Waals surface area contributed by atoms with E-state index in [-0.39, 0.29) is 36.8 Å². The van der Waals surface area contributed by atoms with Crippen molar-refractivity contribution < 1.29 is 9.53 Å². The second-order valence-electron chi connectivity index (χ2n) is 5.73. The lowest BCUT2D eigenvalue weighted by Crippen LogP contribution is -2.52. The summed E-state index contributed by atoms with van der Waals surface area (Å²) >= 11 is 1.61. The van der Waals surface area contributed by atoms with Crippen LogP contribution in [-0.4, -0.2) is 41.5 Å². The van der Waals surface area contributed by atoms with Gasteiger partial charge in [-0.25, -0.2) is 4.98 Å². The topological polar surface area (TPSA) is 54.5 Å². The van der Waals surface area contributed by atoms with Crippen LogP contribution < -0.4 is 10.1 Å². The summed E-state index contributed by atoms with van der Waals surface area (Å²) in [7, 11) is 0. The zero-order chi connectivity index (χ0) is 16.2. The second-order valence-corrected chi connectivity index (χ2v) is 6.79. The number of amides is 1. The van der Waals surface area contributed by atoms with Crippen LogP contribution in [0.4, 0.5) is 0 Å². The molecule has 0 radical (unpaired) electrons. The number of thiazole rings is 1. The van der Waals surface area contributed by atoms with Gasteiger partial charge in [0.05, 0.1) is 10.7 Å². The lowest BCUT2D eigenvalue weighted by molar-refractivity contribution is 0.0655. The molecule has 0 bridgehead atoms. The van der Waals surface area contributed by atoms with Gasteiger partial charge in [0.2, 0.25) is 0 Å². The third-order valence-electron chi connectivity index (χ3n) is 3.90. The first-order valence-electron chi connectivity index (χ1n) is 7.79. The minimum absolute atomic E-state index is 0. The van der Waals surface area contributed by atoms with Gasteiger partial charge in [0.25, 0.3) is 5.91 Å². The zero-order valence-corrected chi connectivity index (χ0v) is 16.7. The van der Waals surface area contributed by atoms with Crippen LogP contribution >= 0.6 is 36.2 Å². The Morgan fingerprint density at radius 3 is 2.92 bits per heavy atom. The van der Waals surface area contributed by atoms with Crippen molar-refractivity contribution in [3.05, 3.63) is 45.9 Å². The first kappa shape index (κ1) is 21.7. The van der Waals surface area contributed by atoms with Gasteiger partial charge in [-0.1, -0.05) is 6.07 Å². The SMILES string of the molecule is Cc1nc(COc2cccc(C(=O)N3CCNC[C@@H]3C)c2)cs1.Cl.Cl. The third-order valence-corrected chi connectivity index (χ3v) is 4.72. The fourth-order valence-electron chi connectivity index (χ4n) is 2.66. The summed E-state index contributed by atoms with van der Waals surface area (Å²) < 4.78 is 5.77. The van der Waals surface area contributed by atoms with Crippen LogP contribution in [0, 0.1) is 6.92 Å². The van der Waals surface area contributed by atoms with Crippen LogP contribution in [0.2, 0.25) is 0 Å². The average Bonchev–Trinajstić information content (AvgIpc) is 2.98. The van der Waals surface area contributed by atoms with Crippen molar-refractivity contribution >= 4 is 42.1 Å². The Morgan fingerprint density at radius 1 is 1.44 bits per heavy atom. The molecule has 3 rings (SSSR count). The molecule has 138 valence electrons.